The average molecular weight is 281 g/mol. The second-order valence-electron chi connectivity index (χ2n) is 3.90. The standard InChI is InChI=1S/C10H16N4O.2ClH/c1-14-7-8(6-12-14)10(15)13-9-2-4-11-5-3-9;;/h6-7,9,11H,2-5H2,1H3,(H,13,15);2*1H. The lowest BCUT2D eigenvalue weighted by molar-refractivity contribution is 0.0929. The Morgan fingerprint density at radius 1 is 1.47 bits per heavy atom. The topological polar surface area (TPSA) is 59.0 Å². The smallest absolute Gasteiger partial charge is 0.254 e. The molecule has 1 aliphatic rings. The number of amides is 1. The van der Waals surface area contributed by atoms with Crippen LogP contribution in [0.1, 0.15) is 23.2 Å². The first-order chi connectivity index (χ1) is 7.25. The van der Waals surface area contributed by atoms with Crippen LogP contribution in [0.15, 0.2) is 12.4 Å². The maximum absolute atomic E-state index is 11.7. The van der Waals surface area contributed by atoms with Crippen LogP contribution in [0, 0.1) is 0 Å². The zero-order valence-corrected chi connectivity index (χ0v) is 11.3. The van der Waals surface area contributed by atoms with Gasteiger partial charge < -0.3 is 10.6 Å². The van der Waals surface area contributed by atoms with Crippen LogP contribution in [0.4, 0.5) is 0 Å². The number of carbonyl (C=O) groups excluding carboxylic acids is 1. The molecular formula is C10H18Cl2N4O. The molecule has 1 aromatic rings. The quantitative estimate of drug-likeness (QED) is 0.841. The summed E-state index contributed by atoms with van der Waals surface area (Å²) >= 11 is 0. The molecule has 0 atom stereocenters. The summed E-state index contributed by atoms with van der Waals surface area (Å²) in [5.41, 5.74) is 0.635. The third-order valence-electron chi connectivity index (χ3n) is 2.64. The van der Waals surface area contributed by atoms with Gasteiger partial charge in [0.1, 0.15) is 0 Å². The second-order valence-corrected chi connectivity index (χ2v) is 3.90. The summed E-state index contributed by atoms with van der Waals surface area (Å²) in [6.07, 6.45) is 5.34. The summed E-state index contributed by atoms with van der Waals surface area (Å²) < 4.78 is 1.64. The molecule has 0 unspecified atom stereocenters. The van der Waals surface area contributed by atoms with Crippen molar-refractivity contribution >= 4 is 30.7 Å². The van der Waals surface area contributed by atoms with Crippen LogP contribution in [-0.4, -0.2) is 34.8 Å². The molecule has 1 saturated heterocycles. The van der Waals surface area contributed by atoms with Gasteiger partial charge in [-0.25, -0.2) is 0 Å². The molecule has 0 saturated carbocycles. The molecule has 0 aromatic carbocycles. The van der Waals surface area contributed by atoms with Gasteiger partial charge >= 0.3 is 0 Å². The Bertz CT molecular complexity index is 350. The van der Waals surface area contributed by atoms with Crippen LogP contribution in [0.25, 0.3) is 0 Å². The number of nitrogens with one attached hydrogen (secondary N) is 2. The first-order valence-corrected chi connectivity index (χ1v) is 5.26. The lowest BCUT2D eigenvalue weighted by Gasteiger charge is -2.23. The highest BCUT2D eigenvalue weighted by Crippen LogP contribution is 2.04. The minimum atomic E-state index is -0.0185. The molecule has 98 valence electrons. The molecule has 2 rings (SSSR count). The predicted molar refractivity (Wildman–Crippen MR) is 71.1 cm³/mol. The molecule has 1 amide bonds. The molecule has 1 aliphatic heterocycles. The summed E-state index contributed by atoms with van der Waals surface area (Å²) in [5.74, 6) is -0.0185. The van der Waals surface area contributed by atoms with Gasteiger partial charge in [-0.1, -0.05) is 0 Å². The van der Waals surface area contributed by atoms with Crippen LogP contribution in [0.3, 0.4) is 0 Å². The molecule has 17 heavy (non-hydrogen) atoms. The Kier molecular flexibility index (Phi) is 7.18. The summed E-state index contributed by atoms with van der Waals surface area (Å²) in [6, 6.07) is 0.305. The minimum Gasteiger partial charge on any atom is -0.349 e. The van der Waals surface area contributed by atoms with Crippen molar-refractivity contribution in [1.82, 2.24) is 20.4 Å². The molecule has 0 bridgehead atoms. The zero-order valence-electron chi connectivity index (χ0n) is 9.68. The molecule has 1 aromatic heterocycles. The molecular weight excluding hydrogens is 263 g/mol. The van der Waals surface area contributed by atoms with Crippen molar-refractivity contribution in [1.29, 1.82) is 0 Å². The molecule has 0 spiro atoms. The maximum atomic E-state index is 11.7. The van der Waals surface area contributed by atoms with E-state index < -0.39 is 0 Å². The third-order valence-corrected chi connectivity index (χ3v) is 2.64. The molecule has 5 nitrogen and oxygen atoms in total. The van der Waals surface area contributed by atoms with Gasteiger partial charge in [0.05, 0.1) is 11.8 Å². The zero-order chi connectivity index (χ0) is 10.7. The number of carbonyl (C=O) groups is 1. The Morgan fingerprint density at radius 3 is 2.65 bits per heavy atom. The van der Waals surface area contributed by atoms with E-state index >= 15 is 0 Å². The highest BCUT2D eigenvalue weighted by Gasteiger charge is 2.16. The lowest BCUT2D eigenvalue weighted by atomic mass is 10.1. The van der Waals surface area contributed by atoms with Crippen molar-refractivity contribution in [2.45, 2.75) is 18.9 Å². The lowest BCUT2D eigenvalue weighted by Crippen LogP contribution is -2.42. The van der Waals surface area contributed by atoms with E-state index in [0.29, 0.717) is 11.6 Å². The van der Waals surface area contributed by atoms with Crippen molar-refractivity contribution in [3.8, 4) is 0 Å². The van der Waals surface area contributed by atoms with Crippen molar-refractivity contribution in [2.24, 2.45) is 7.05 Å². The van der Waals surface area contributed by atoms with Crippen molar-refractivity contribution in [2.75, 3.05) is 13.1 Å². The summed E-state index contributed by atoms with van der Waals surface area (Å²) in [4.78, 5) is 11.7. The molecule has 7 heteroatoms. The summed E-state index contributed by atoms with van der Waals surface area (Å²) in [7, 11) is 1.81. The van der Waals surface area contributed by atoms with Gasteiger partial charge in [-0.05, 0) is 25.9 Å². The fourth-order valence-corrected chi connectivity index (χ4v) is 1.77. The maximum Gasteiger partial charge on any atom is 0.254 e. The van der Waals surface area contributed by atoms with Gasteiger partial charge in [-0.3, -0.25) is 9.48 Å². The Hall–Kier alpha value is -0.780. The van der Waals surface area contributed by atoms with Gasteiger partial charge in [0.15, 0.2) is 0 Å². The number of rotatable bonds is 2. The SMILES string of the molecule is Cl.Cl.Cn1cc(C(=O)NC2CCNCC2)cn1. The Morgan fingerprint density at radius 2 is 2.12 bits per heavy atom. The van der Waals surface area contributed by atoms with Gasteiger partial charge in [0.2, 0.25) is 0 Å². The number of aryl methyl sites for hydroxylation is 1. The van der Waals surface area contributed by atoms with E-state index in [1.165, 1.54) is 0 Å². The second kappa shape index (κ2) is 7.53. The number of nitrogens with zero attached hydrogens (tertiary/aromatic N) is 2. The minimum absolute atomic E-state index is 0. The van der Waals surface area contributed by atoms with E-state index in [1.807, 2.05) is 0 Å². The van der Waals surface area contributed by atoms with E-state index in [4.69, 9.17) is 0 Å². The number of halogens is 2. The number of aromatic nitrogens is 2. The van der Waals surface area contributed by atoms with Crippen LogP contribution in [-0.2, 0) is 7.05 Å². The normalized spacial score (nSPS) is 15.6. The van der Waals surface area contributed by atoms with Crippen LogP contribution in [0.2, 0.25) is 0 Å². The number of hydrogen-bond acceptors (Lipinski definition) is 3. The highest BCUT2D eigenvalue weighted by molar-refractivity contribution is 5.93. The number of piperidine rings is 1. The summed E-state index contributed by atoms with van der Waals surface area (Å²) in [6.45, 7) is 1.97. The largest absolute Gasteiger partial charge is 0.349 e. The van der Waals surface area contributed by atoms with Crippen molar-refractivity contribution in [3.63, 3.8) is 0 Å². The average Bonchev–Trinajstić information content (AvgIpc) is 2.66. The highest BCUT2D eigenvalue weighted by atomic mass is 35.5. The Labute approximate surface area is 113 Å². The van der Waals surface area contributed by atoms with E-state index in [0.717, 1.165) is 25.9 Å². The van der Waals surface area contributed by atoms with Crippen LogP contribution in [0.5, 0.6) is 0 Å². The van der Waals surface area contributed by atoms with E-state index in [2.05, 4.69) is 15.7 Å². The van der Waals surface area contributed by atoms with Crippen molar-refractivity contribution < 1.29 is 4.79 Å². The van der Waals surface area contributed by atoms with Gasteiger partial charge in [-0.15, -0.1) is 24.8 Å². The van der Waals surface area contributed by atoms with Crippen LogP contribution < -0.4 is 10.6 Å². The monoisotopic (exact) mass is 280 g/mol. The van der Waals surface area contributed by atoms with Crippen molar-refractivity contribution in [3.05, 3.63) is 18.0 Å². The number of hydrogen-bond donors (Lipinski definition) is 2. The summed E-state index contributed by atoms with van der Waals surface area (Å²) in [5, 5.41) is 10.3. The molecule has 2 N–H and O–H groups in total. The van der Waals surface area contributed by atoms with E-state index in [1.54, 1.807) is 24.1 Å². The first kappa shape index (κ1) is 16.2. The predicted octanol–water partition coefficient (Wildman–Crippen LogP) is 0.745. The van der Waals surface area contributed by atoms with Gasteiger partial charge in [0.25, 0.3) is 5.91 Å². The molecule has 0 aliphatic carbocycles. The molecule has 1 fully saturated rings. The fraction of sp³-hybridized carbons (Fsp3) is 0.600. The first-order valence-electron chi connectivity index (χ1n) is 5.26. The van der Waals surface area contributed by atoms with Gasteiger partial charge in [-0.2, -0.15) is 5.10 Å². The van der Waals surface area contributed by atoms with Crippen LogP contribution >= 0.6 is 24.8 Å². The molecule has 2 heterocycles. The van der Waals surface area contributed by atoms with E-state index in [9.17, 15) is 4.79 Å². The molecule has 0 radical (unpaired) electrons. The fourth-order valence-electron chi connectivity index (χ4n) is 1.77. The van der Waals surface area contributed by atoms with Gasteiger partial charge in [0, 0.05) is 19.3 Å². The third kappa shape index (κ3) is 4.53. The van der Waals surface area contributed by atoms with E-state index in [-0.39, 0.29) is 30.7 Å². The Balaban J connectivity index is 0.00000128.